The number of piperidine rings is 1. The maximum Gasteiger partial charge on any atom is 0.253 e. The monoisotopic (exact) mass is 243 g/mol. The maximum atomic E-state index is 11.9. The second kappa shape index (κ2) is 6.56. The van der Waals surface area contributed by atoms with Gasteiger partial charge in [-0.1, -0.05) is 0 Å². The number of carbonyl (C=O) groups is 2. The summed E-state index contributed by atoms with van der Waals surface area (Å²) in [5, 5.41) is 2.64. The van der Waals surface area contributed by atoms with Crippen LogP contribution in [0.2, 0.25) is 0 Å². The lowest BCUT2D eigenvalue weighted by atomic mass is 9.95. The molecule has 0 bridgehead atoms. The zero-order chi connectivity index (χ0) is 12.8. The van der Waals surface area contributed by atoms with E-state index in [4.69, 9.17) is 10.5 Å². The fourth-order valence-corrected chi connectivity index (χ4v) is 2.07. The number of nitrogens with two attached hydrogens (primary N) is 1. The second-order valence-electron chi connectivity index (χ2n) is 4.17. The fraction of sp³-hybridized carbons (Fsp3) is 0.818. The molecule has 1 heterocycles. The third kappa shape index (κ3) is 3.41. The number of methoxy groups -OCH3 is 1. The van der Waals surface area contributed by atoms with E-state index >= 15 is 0 Å². The van der Waals surface area contributed by atoms with E-state index in [1.54, 1.807) is 11.9 Å². The summed E-state index contributed by atoms with van der Waals surface area (Å²) in [7, 11) is 3.11. The minimum atomic E-state index is -0.563. The van der Waals surface area contributed by atoms with Gasteiger partial charge < -0.3 is 20.7 Å². The third-order valence-electron chi connectivity index (χ3n) is 3.20. The molecule has 0 saturated carbocycles. The van der Waals surface area contributed by atoms with Crippen molar-refractivity contribution in [2.24, 2.45) is 11.7 Å². The average molecular weight is 243 g/mol. The molecule has 1 aliphatic heterocycles. The van der Waals surface area contributed by atoms with Gasteiger partial charge in [0.15, 0.2) is 0 Å². The van der Waals surface area contributed by atoms with Gasteiger partial charge in [0.2, 0.25) is 5.91 Å². The molecule has 1 saturated heterocycles. The summed E-state index contributed by atoms with van der Waals surface area (Å²) < 4.78 is 5.01. The number of hydrogen-bond acceptors (Lipinski definition) is 4. The topological polar surface area (TPSA) is 84.7 Å². The molecule has 1 unspecified atom stereocenters. The van der Waals surface area contributed by atoms with E-state index in [1.165, 1.54) is 7.11 Å². The molecule has 0 aliphatic carbocycles. The van der Waals surface area contributed by atoms with E-state index in [2.05, 4.69) is 5.32 Å². The van der Waals surface area contributed by atoms with Gasteiger partial charge in [-0.3, -0.25) is 9.59 Å². The van der Waals surface area contributed by atoms with E-state index in [0.29, 0.717) is 25.9 Å². The van der Waals surface area contributed by atoms with E-state index in [9.17, 15) is 9.59 Å². The molecule has 0 radical (unpaired) electrons. The van der Waals surface area contributed by atoms with E-state index in [1.807, 2.05) is 0 Å². The van der Waals surface area contributed by atoms with Crippen LogP contribution in [0.3, 0.4) is 0 Å². The van der Waals surface area contributed by atoms with Crippen molar-refractivity contribution in [3.05, 3.63) is 0 Å². The van der Waals surface area contributed by atoms with Crippen LogP contribution < -0.4 is 11.1 Å². The molecule has 3 N–H and O–H groups in total. The first-order valence-electron chi connectivity index (χ1n) is 5.87. The molecule has 0 aromatic rings. The first kappa shape index (κ1) is 13.9. The Morgan fingerprint density at radius 3 is 2.47 bits per heavy atom. The first-order chi connectivity index (χ1) is 8.13. The lowest BCUT2D eigenvalue weighted by Gasteiger charge is -2.32. The number of ether oxygens (including phenoxy) is 1. The number of carbonyl (C=O) groups excluding carboxylic acids is 2. The molecule has 17 heavy (non-hydrogen) atoms. The van der Waals surface area contributed by atoms with Crippen LogP contribution in [0.4, 0.5) is 0 Å². The fourth-order valence-electron chi connectivity index (χ4n) is 2.07. The van der Waals surface area contributed by atoms with Crippen molar-refractivity contribution in [2.45, 2.75) is 18.9 Å². The zero-order valence-corrected chi connectivity index (χ0v) is 10.4. The smallest absolute Gasteiger partial charge is 0.253 e. The van der Waals surface area contributed by atoms with Gasteiger partial charge in [0.05, 0.1) is 0 Å². The highest BCUT2D eigenvalue weighted by Gasteiger charge is 2.29. The van der Waals surface area contributed by atoms with Crippen molar-refractivity contribution in [1.82, 2.24) is 10.2 Å². The molecule has 1 fully saturated rings. The molecular formula is C11H21N3O3. The van der Waals surface area contributed by atoms with Crippen molar-refractivity contribution in [3.8, 4) is 0 Å². The van der Waals surface area contributed by atoms with Gasteiger partial charge in [0, 0.05) is 39.7 Å². The van der Waals surface area contributed by atoms with Gasteiger partial charge in [-0.2, -0.15) is 0 Å². The molecule has 1 aliphatic rings. The van der Waals surface area contributed by atoms with Gasteiger partial charge in [0.25, 0.3) is 5.91 Å². The number of hydrogen-bond donors (Lipinski definition) is 2. The highest BCUT2D eigenvalue weighted by molar-refractivity contribution is 5.82. The molecule has 1 atom stereocenters. The van der Waals surface area contributed by atoms with Crippen molar-refractivity contribution in [2.75, 3.05) is 33.8 Å². The van der Waals surface area contributed by atoms with Crippen LogP contribution in [-0.4, -0.2) is 56.6 Å². The minimum Gasteiger partial charge on any atom is -0.370 e. The van der Waals surface area contributed by atoms with E-state index in [0.717, 1.165) is 0 Å². The number of rotatable bonds is 4. The predicted molar refractivity (Wildman–Crippen MR) is 63.2 cm³/mol. The Labute approximate surface area is 101 Å². The standard InChI is InChI=1S/C11H21N3O3/c1-13-10(15)8-3-5-14(6-4-8)11(16)9(7-12)17-2/h8-9H,3-7,12H2,1-2H3,(H,13,15). The van der Waals surface area contributed by atoms with Gasteiger partial charge in [0.1, 0.15) is 6.10 Å². The molecule has 0 aromatic heterocycles. The van der Waals surface area contributed by atoms with Gasteiger partial charge >= 0.3 is 0 Å². The lowest BCUT2D eigenvalue weighted by Crippen LogP contribution is -2.48. The van der Waals surface area contributed by atoms with Crippen molar-refractivity contribution >= 4 is 11.8 Å². The molecule has 0 spiro atoms. The highest BCUT2D eigenvalue weighted by Crippen LogP contribution is 2.18. The number of nitrogens with one attached hydrogen (secondary N) is 1. The Morgan fingerprint density at radius 1 is 1.47 bits per heavy atom. The molecule has 98 valence electrons. The van der Waals surface area contributed by atoms with Crippen LogP contribution in [0, 0.1) is 5.92 Å². The highest BCUT2D eigenvalue weighted by atomic mass is 16.5. The van der Waals surface area contributed by atoms with E-state index in [-0.39, 0.29) is 24.3 Å². The Bertz CT molecular complexity index is 271. The van der Waals surface area contributed by atoms with Gasteiger partial charge in [-0.25, -0.2) is 0 Å². The molecule has 6 nitrogen and oxygen atoms in total. The number of nitrogens with zero attached hydrogens (tertiary/aromatic N) is 1. The van der Waals surface area contributed by atoms with Crippen molar-refractivity contribution < 1.29 is 14.3 Å². The second-order valence-corrected chi connectivity index (χ2v) is 4.17. The van der Waals surface area contributed by atoms with Crippen LogP contribution in [-0.2, 0) is 14.3 Å². The lowest BCUT2D eigenvalue weighted by molar-refractivity contribution is -0.144. The summed E-state index contributed by atoms with van der Waals surface area (Å²) in [5.41, 5.74) is 5.45. The summed E-state index contributed by atoms with van der Waals surface area (Å²) >= 11 is 0. The summed E-state index contributed by atoms with van der Waals surface area (Å²) in [6.45, 7) is 1.37. The third-order valence-corrected chi connectivity index (χ3v) is 3.20. The van der Waals surface area contributed by atoms with Gasteiger partial charge in [-0.05, 0) is 12.8 Å². The van der Waals surface area contributed by atoms with E-state index < -0.39 is 6.10 Å². The summed E-state index contributed by atoms with van der Waals surface area (Å²) in [6.07, 6.45) is 0.838. The number of likely N-dealkylation sites (tertiary alicyclic amines) is 1. The summed E-state index contributed by atoms with van der Waals surface area (Å²) in [4.78, 5) is 25.1. The summed E-state index contributed by atoms with van der Waals surface area (Å²) in [5.74, 6) is -0.00695. The quantitative estimate of drug-likeness (QED) is 0.659. The molecular weight excluding hydrogens is 222 g/mol. The first-order valence-corrected chi connectivity index (χ1v) is 5.87. The van der Waals surface area contributed by atoms with Crippen LogP contribution in [0.1, 0.15) is 12.8 Å². The molecule has 2 amide bonds. The van der Waals surface area contributed by atoms with Crippen LogP contribution in [0.25, 0.3) is 0 Å². The number of amides is 2. The SMILES string of the molecule is CNC(=O)C1CCN(C(=O)C(CN)OC)CC1. The van der Waals surface area contributed by atoms with Crippen LogP contribution >= 0.6 is 0 Å². The Balaban J connectivity index is 2.46. The maximum absolute atomic E-state index is 11.9. The molecule has 1 rings (SSSR count). The zero-order valence-electron chi connectivity index (χ0n) is 10.4. The van der Waals surface area contributed by atoms with Crippen molar-refractivity contribution in [1.29, 1.82) is 0 Å². The molecule has 0 aromatic carbocycles. The van der Waals surface area contributed by atoms with Crippen LogP contribution in [0.5, 0.6) is 0 Å². The largest absolute Gasteiger partial charge is 0.370 e. The normalized spacial score (nSPS) is 18.9. The van der Waals surface area contributed by atoms with Crippen molar-refractivity contribution in [3.63, 3.8) is 0 Å². The Morgan fingerprint density at radius 2 is 2.06 bits per heavy atom. The Kier molecular flexibility index (Phi) is 5.37. The minimum absolute atomic E-state index is 0.0166. The summed E-state index contributed by atoms with van der Waals surface area (Å²) in [6, 6.07) is 0. The molecule has 6 heteroatoms. The van der Waals surface area contributed by atoms with Crippen LogP contribution in [0.15, 0.2) is 0 Å². The predicted octanol–water partition coefficient (Wildman–Crippen LogP) is -1.06. The van der Waals surface area contributed by atoms with Gasteiger partial charge in [-0.15, -0.1) is 0 Å². The average Bonchev–Trinajstić information content (AvgIpc) is 2.39. The Hall–Kier alpha value is -1.14.